The molecule has 2 aromatic carbocycles. The van der Waals surface area contributed by atoms with Gasteiger partial charge in [-0.1, -0.05) is 48.5 Å². The number of rotatable bonds is 5. The fraction of sp³-hybridized carbons (Fsp3) is 0.125. The lowest BCUT2D eigenvalue weighted by Gasteiger charge is -2.16. The highest BCUT2D eigenvalue weighted by Crippen LogP contribution is 2.16. The van der Waals surface area contributed by atoms with Crippen LogP contribution in [0.3, 0.4) is 0 Å². The lowest BCUT2D eigenvalue weighted by atomic mass is 10.0. The Bertz CT molecular complexity index is 537. The summed E-state index contributed by atoms with van der Waals surface area (Å²) in [4.78, 5) is 22.8. The van der Waals surface area contributed by atoms with Gasteiger partial charge in [-0.25, -0.2) is 0 Å². The Morgan fingerprint density at radius 2 is 1.58 bits per heavy atom. The van der Waals surface area contributed by atoms with E-state index in [9.17, 15) is 9.59 Å². The van der Waals surface area contributed by atoms with Crippen molar-refractivity contribution in [2.45, 2.75) is 12.5 Å². The Morgan fingerprint density at radius 1 is 1.00 bits per heavy atom. The van der Waals surface area contributed by atoms with Gasteiger partial charge in [-0.05, 0) is 17.7 Å². The highest BCUT2D eigenvalue weighted by Gasteiger charge is 2.14. The van der Waals surface area contributed by atoms with Crippen molar-refractivity contribution in [3.63, 3.8) is 0 Å². The molecule has 1 amide bonds. The molecule has 0 aliphatic heterocycles. The molecule has 19 heavy (non-hydrogen) atoms. The molecule has 0 aliphatic carbocycles. The fourth-order valence-corrected chi connectivity index (χ4v) is 1.89. The third-order valence-electron chi connectivity index (χ3n) is 2.88. The number of hydrogen-bond acceptors (Lipinski definition) is 2. The SMILES string of the molecule is O=CCC(NC(=O)c1ccccc1)c1ccccc1. The largest absolute Gasteiger partial charge is 0.345 e. The van der Waals surface area contributed by atoms with Crippen molar-refractivity contribution in [3.8, 4) is 0 Å². The average molecular weight is 253 g/mol. The average Bonchev–Trinajstić information content (AvgIpc) is 2.48. The fourth-order valence-electron chi connectivity index (χ4n) is 1.89. The highest BCUT2D eigenvalue weighted by atomic mass is 16.1. The number of hydrogen-bond donors (Lipinski definition) is 1. The summed E-state index contributed by atoms with van der Waals surface area (Å²) in [5.41, 5.74) is 1.52. The lowest BCUT2D eigenvalue weighted by molar-refractivity contribution is -0.108. The summed E-state index contributed by atoms with van der Waals surface area (Å²) in [6, 6.07) is 18.2. The summed E-state index contributed by atoms with van der Waals surface area (Å²) in [7, 11) is 0. The van der Waals surface area contributed by atoms with Crippen LogP contribution in [0.1, 0.15) is 28.4 Å². The number of carbonyl (C=O) groups is 2. The summed E-state index contributed by atoms with van der Waals surface area (Å²) in [6.45, 7) is 0. The van der Waals surface area contributed by atoms with Crippen molar-refractivity contribution in [2.75, 3.05) is 0 Å². The van der Waals surface area contributed by atoms with Crippen molar-refractivity contribution in [1.29, 1.82) is 0 Å². The molecule has 0 bridgehead atoms. The van der Waals surface area contributed by atoms with Gasteiger partial charge >= 0.3 is 0 Å². The van der Waals surface area contributed by atoms with Gasteiger partial charge in [-0.2, -0.15) is 0 Å². The third-order valence-corrected chi connectivity index (χ3v) is 2.88. The van der Waals surface area contributed by atoms with Crippen molar-refractivity contribution < 1.29 is 9.59 Å². The Balaban J connectivity index is 2.14. The van der Waals surface area contributed by atoms with Crippen LogP contribution in [0, 0.1) is 0 Å². The van der Waals surface area contributed by atoms with Crippen molar-refractivity contribution in [1.82, 2.24) is 5.32 Å². The summed E-state index contributed by atoms with van der Waals surface area (Å²) in [5, 5.41) is 2.88. The first-order valence-corrected chi connectivity index (χ1v) is 6.16. The molecule has 2 rings (SSSR count). The monoisotopic (exact) mass is 253 g/mol. The zero-order valence-electron chi connectivity index (χ0n) is 10.5. The molecule has 0 spiro atoms. The van der Waals surface area contributed by atoms with Gasteiger partial charge in [0.15, 0.2) is 0 Å². The number of aldehydes is 1. The second kappa shape index (κ2) is 6.50. The minimum Gasteiger partial charge on any atom is -0.345 e. The molecule has 0 radical (unpaired) electrons. The van der Waals surface area contributed by atoms with Crippen LogP contribution in [0.2, 0.25) is 0 Å². The Kier molecular flexibility index (Phi) is 4.45. The Labute approximate surface area is 112 Å². The molecule has 1 atom stereocenters. The van der Waals surface area contributed by atoms with Crippen LogP contribution in [0.4, 0.5) is 0 Å². The van der Waals surface area contributed by atoms with Crippen LogP contribution in [-0.2, 0) is 4.79 Å². The van der Waals surface area contributed by atoms with Gasteiger partial charge in [0.05, 0.1) is 6.04 Å². The van der Waals surface area contributed by atoms with E-state index in [4.69, 9.17) is 0 Å². The van der Waals surface area contributed by atoms with Gasteiger partial charge in [0.25, 0.3) is 5.91 Å². The molecular weight excluding hydrogens is 238 g/mol. The molecule has 0 saturated carbocycles. The molecule has 0 saturated heterocycles. The minimum absolute atomic E-state index is 0.170. The zero-order chi connectivity index (χ0) is 13.5. The van der Waals surface area contributed by atoms with Gasteiger partial charge in [0.2, 0.25) is 0 Å². The maximum atomic E-state index is 12.1. The van der Waals surface area contributed by atoms with Gasteiger partial charge in [-0.3, -0.25) is 4.79 Å². The number of carbonyl (C=O) groups excluding carboxylic acids is 2. The Hall–Kier alpha value is -2.42. The van der Waals surface area contributed by atoms with Gasteiger partial charge in [-0.15, -0.1) is 0 Å². The zero-order valence-corrected chi connectivity index (χ0v) is 10.5. The van der Waals surface area contributed by atoms with E-state index in [0.717, 1.165) is 11.8 Å². The highest BCUT2D eigenvalue weighted by molar-refractivity contribution is 5.94. The molecule has 0 aliphatic rings. The standard InChI is InChI=1S/C16H15NO2/c18-12-11-15(13-7-3-1-4-8-13)17-16(19)14-9-5-2-6-10-14/h1-10,12,15H,11H2,(H,17,19). The van der Waals surface area contributed by atoms with Gasteiger partial charge in [0.1, 0.15) is 6.29 Å². The number of nitrogens with one attached hydrogen (secondary N) is 1. The molecule has 0 heterocycles. The van der Waals surface area contributed by atoms with E-state index in [2.05, 4.69) is 5.32 Å². The van der Waals surface area contributed by atoms with Crippen LogP contribution >= 0.6 is 0 Å². The normalized spacial score (nSPS) is 11.6. The molecule has 0 fully saturated rings. The number of amides is 1. The van der Waals surface area contributed by atoms with Gasteiger partial charge in [0, 0.05) is 12.0 Å². The van der Waals surface area contributed by atoms with E-state index in [0.29, 0.717) is 5.56 Å². The molecule has 1 unspecified atom stereocenters. The summed E-state index contributed by atoms with van der Waals surface area (Å²) >= 11 is 0. The predicted octanol–water partition coefficient (Wildman–Crippen LogP) is 2.75. The van der Waals surface area contributed by atoms with E-state index in [1.165, 1.54) is 0 Å². The molecular formula is C16H15NO2. The minimum atomic E-state index is -0.286. The van der Waals surface area contributed by atoms with E-state index < -0.39 is 0 Å². The first-order chi connectivity index (χ1) is 9.31. The molecule has 1 N–H and O–H groups in total. The summed E-state index contributed by atoms with van der Waals surface area (Å²) < 4.78 is 0. The summed E-state index contributed by atoms with van der Waals surface area (Å²) in [6.07, 6.45) is 1.09. The van der Waals surface area contributed by atoms with Crippen LogP contribution in [0.25, 0.3) is 0 Å². The molecule has 0 aromatic heterocycles. The molecule has 3 heteroatoms. The summed E-state index contributed by atoms with van der Waals surface area (Å²) in [5.74, 6) is -0.170. The van der Waals surface area contributed by atoms with Crippen molar-refractivity contribution in [3.05, 3.63) is 71.8 Å². The maximum absolute atomic E-state index is 12.1. The van der Waals surface area contributed by atoms with Crippen molar-refractivity contribution in [2.24, 2.45) is 0 Å². The first kappa shape index (κ1) is 13.0. The quantitative estimate of drug-likeness (QED) is 0.833. The van der Waals surface area contributed by atoms with Crippen LogP contribution < -0.4 is 5.32 Å². The lowest BCUT2D eigenvalue weighted by Crippen LogP contribution is -2.28. The van der Waals surface area contributed by atoms with Crippen molar-refractivity contribution >= 4 is 12.2 Å². The van der Waals surface area contributed by atoms with Crippen LogP contribution in [-0.4, -0.2) is 12.2 Å². The molecule has 96 valence electrons. The second-order valence-electron chi connectivity index (χ2n) is 4.21. The Morgan fingerprint density at radius 3 is 2.16 bits per heavy atom. The van der Waals surface area contributed by atoms with Crippen LogP contribution in [0.5, 0.6) is 0 Å². The number of benzene rings is 2. The maximum Gasteiger partial charge on any atom is 0.251 e. The van der Waals surface area contributed by atoms with Gasteiger partial charge < -0.3 is 10.1 Å². The van der Waals surface area contributed by atoms with E-state index in [1.807, 2.05) is 48.5 Å². The van der Waals surface area contributed by atoms with Crippen LogP contribution in [0.15, 0.2) is 60.7 Å². The first-order valence-electron chi connectivity index (χ1n) is 6.16. The van der Waals surface area contributed by atoms with E-state index in [1.54, 1.807) is 12.1 Å². The molecule has 2 aromatic rings. The van der Waals surface area contributed by atoms with E-state index >= 15 is 0 Å². The predicted molar refractivity (Wildman–Crippen MR) is 73.8 cm³/mol. The molecule has 3 nitrogen and oxygen atoms in total. The second-order valence-corrected chi connectivity index (χ2v) is 4.21. The smallest absolute Gasteiger partial charge is 0.251 e. The third kappa shape index (κ3) is 3.52. The topological polar surface area (TPSA) is 46.2 Å². The van der Waals surface area contributed by atoms with E-state index in [-0.39, 0.29) is 18.4 Å².